The molecule has 0 heterocycles. The Hall–Kier alpha value is -3.85. The second-order valence-electron chi connectivity index (χ2n) is 9.34. The van der Waals surface area contributed by atoms with Crippen LogP contribution in [-0.2, 0) is 30.6 Å². The van der Waals surface area contributed by atoms with Crippen LogP contribution in [0, 0.1) is 6.92 Å². The van der Waals surface area contributed by atoms with Gasteiger partial charge in [-0.05, 0) is 70.8 Å². The summed E-state index contributed by atoms with van der Waals surface area (Å²) in [5, 5.41) is 0. The first-order valence-electron chi connectivity index (χ1n) is 12.3. The van der Waals surface area contributed by atoms with Crippen LogP contribution in [0.25, 0.3) is 11.1 Å². The number of fused-ring (bicyclic) bond motifs is 1. The molecule has 0 aromatic heterocycles. The highest BCUT2D eigenvalue weighted by atomic mass is 16.5. The van der Waals surface area contributed by atoms with Gasteiger partial charge in [0.1, 0.15) is 5.75 Å². The molecule has 0 unspecified atom stereocenters. The van der Waals surface area contributed by atoms with Crippen molar-refractivity contribution in [3.05, 3.63) is 125 Å². The molecule has 1 aliphatic carbocycles. The molecule has 0 saturated heterocycles. The summed E-state index contributed by atoms with van der Waals surface area (Å²) in [6.07, 6.45) is 2.19. The van der Waals surface area contributed by atoms with Crippen LogP contribution in [-0.4, -0.2) is 24.0 Å². The number of aryl methyl sites for hydroxylation is 1. The first-order valence-corrected chi connectivity index (χ1v) is 12.3. The number of benzene rings is 4. The summed E-state index contributed by atoms with van der Waals surface area (Å²) in [5.41, 5.74) is 8.37. The van der Waals surface area contributed by atoms with Crippen LogP contribution in [0.2, 0.25) is 0 Å². The first-order chi connectivity index (χ1) is 17.1. The summed E-state index contributed by atoms with van der Waals surface area (Å²) in [7, 11) is 1.67. The Balaban J connectivity index is 1.46. The van der Waals surface area contributed by atoms with Gasteiger partial charge in [0.25, 0.3) is 0 Å². The SMILES string of the molecule is COc1ccc(CN(C(=O)Cc2c(C)cccc2-c2ccccc2)C2Cc3ccccc3C2)cc1. The van der Waals surface area contributed by atoms with Crippen LogP contribution in [0.4, 0.5) is 0 Å². The molecule has 0 saturated carbocycles. The Morgan fingerprint density at radius 2 is 1.49 bits per heavy atom. The van der Waals surface area contributed by atoms with Crippen molar-refractivity contribution < 1.29 is 9.53 Å². The number of carbonyl (C=O) groups is 1. The zero-order chi connectivity index (χ0) is 24.2. The fourth-order valence-corrected chi connectivity index (χ4v) is 5.18. The smallest absolute Gasteiger partial charge is 0.227 e. The van der Waals surface area contributed by atoms with Gasteiger partial charge in [0.15, 0.2) is 0 Å². The molecule has 1 amide bonds. The number of hydrogen-bond donors (Lipinski definition) is 0. The summed E-state index contributed by atoms with van der Waals surface area (Å²) < 4.78 is 5.33. The van der Waals surface area contributed by atoms with E-state index in [0.717, 1.165) is 46.4 Å². The van der Waals surface area contributed by atoms with E-state index in [0.29, 0.717) is 13.0 Å². The van der Waals surface area contributed by atoms with Gasteiger partial charge in [-0.25, -0.2) is 0 Å². The molecular weight excluding hydrogens is 430 g/mol. The summed E-state index contributed by atoms with van der Waals surface area (Å²) in [6, 6.07) is 33.5. The Morgan fingerprint density at radius 1 is 0.829 bits per heavy atom. The number of amides is 1. The highest BCUT2D eigenvalue weighted by Gasteiger charge is 2.30. The molecule has 176 valence electrons. The normalized spacial score (nSPS) is 12.9. The third-order valence-electron chi connectivity index (χ3n) is 7.13. The second kappa shape index (κ2) is 10.2. The minimum Gasteiger partial charge on any atom is -0.497 e. The molecule has 0 atom stereocenters. The van der Waals surface area contributed by atoms with E-state index in [2.05, 4.69) is 90.7 Å². The predicted molar refractivity (Wildman–Crippen MR) is 142 cm³/mol. The molecule has 1 aliphatic rings. The third kappa shape index (κ3) is 5.00. The van der Waals surface area contributed by atoms with Crippen LogP contribution in [0.1, 0.15) is 27.8 Å². The quantitative estimate of drug-likeness (QED) is 0.318. The van der Waals surface area contributed by atoms with Crippen molar-refractivity contribution in [3.63, 3.8) is 0 Å². The minimum absolute atomic E-state index is 0.159. The molecule has 0 bridgehead atoms. The molecule has 3 nitrogen and oxygen atoms in total. The molecule has 0 radical (unpaired) electrons. The molecule has 4 aromatic rings. The Labute approximate surface area is 208 Å². The van der Waals surface area contributed by atoms with Crippen molar-refractivity contribution >= 4 is 5.91 Å². The molecule has 0 spiro atoms. The zero-order valence-electron chi connectivity index (χ0n) is 20.4. The zero-order valence-corrected chi connectivity index (χ0v) is 20.4. The Kier molecular flexibility index (Phi) is 6.67. The molecule has 0 fully saturated rings. The highest BCUT2D eigenvalue weighted by Crippen LogP contribution is 2.30. The van der Waals surface area contributed by atoms with Gasteiger partial charge < -0.3 is 9.64 Å². The number of rotatable bonds is 7. The molecule has 3 heteroatoms. The monoisotopic (exact) mass is 461 g/mol. The lowest BCUT2D eigenvalue weighted by molar-refractivity contribution is -0.133. The van der Waals surface area contributed by atoms with Crippen LogP contribution in [0.5, 0.6) is 5.75 Å². The second-order valence-corrected chi connectivity index (χ2v) is 9.34. The van der Waals surface area contributed by atoms with E-state index >= 15 is 0 Å². The van der Waals surface area contributed by atoms with Crippen molar-refractivity contribution in [1.82, 2.24) is 4.90 Å². The Morgan fingerprint density at radius 3 is 2.14 bits per heavy atom. The average molecular weight is 462 g/mol. The molecular formula is C32H31NO2. The number of ether oxygens (including phenoxy) is 1. The first kappa shape index (κ1) is 22.9. The standard InChI is InChI=1S/C32H31NO2/c1-23-9-8-14-30(25-10-4-3-5-11-25)31(23)21-32(34)33(22-24-15-17-29(35-2)18-16-24)28-19-26-12-6-7-13-27(26)20-28/h3-18,28H,19-22H2,1-2H3. The summed E-state index contributed by atoms with van der Waals surface area (Å²) in [4.78, 5) is 16.1. The largest absolute Gasteiger partial charge is 0.497 e. The van der Waals surface area contributed by atoms with Gasteiger partial charge in [0.05, 0.1) is 13.5 Å². The maximum absolute atomic E-state index is 14.0. The van der Waals surface area contributed by atoms with Crippen LogP contribution < -0.4 is 4.74 Å². The summed E-state index contributed by atoms with van der Waals surface area (Å²) >= 11 is 0. The molecule has 35 heavy (non-hydrogen) atoms. The maximum Gasteiger partial charge on any atom is 0.227 e. The van der Waals surface area contributed by atoms with E-state index in [-0.39, 0.29) is 11.9 Å². The van der Waals surface area contributed by atoms with Gasteiger partial charge in [-0.1, -0.05) is 84.9 Å². The molecule has 4 aromatic carbocycles. The van der Waals surface area contributed by atoms with Crippen molar-refractivity contribution in [2.75, 3.05) is 7.11 Å². The predicted octanol–water partition coefficient (Wildman–Crippen LogP) is 6.41. The van der Waals surface area contributed by atoms with Gasteiger partial charge in [0, 0.05) is 12.6 Å². The van der Waals surface area contributed by atoms with E-state index in [1.165, 1.54) is 11.1 Å². The minimum atomic E-state index is 0.159. The Bertz CT molecular complexity index is 1290. The van der Waals surface area contributed by atoms with Crippen LogP contribution in [0.15, 0.2) is 97.1 Å². The maximum atomic E-state index is 14.0. The van der Waals surface area contributed by atoms with Crippen molar-refractivity contribution in [2.24, 2.45) is 0 Å². The highest BCUT2D eigenvalue weighted by molar-refractivity contribution is 5.83. The number of nitrogens with zero attached hydrogens (tertiary/aromatic N) is 1. The third-order valence-corrected chi connectivity index (χ3v) is 7.13. The van der Waals surface area contributed by atoms with Gasteiger partial charge in [-0.3, -0.25) is 4.79 Å². The van der Waals surface area contributed by atoms with Crippen molar-refractivity contribution in [3.8, 4) is 16.9 Å². The number of methoxy groups -OCH3 is 1. The molecule has 5 rings (SSSR count). The van der Waals surface area contributed by atoms with E-state index in [1.54, 1.807) is 7.11 Å². The van der Waals surface area contributed by atoms with Gasteiger partial charge in [-0.2, -0.15) is 0 Å². The number of carbonyl (C=O) groups excluding carboxylic acids is 1. The summed E-state index contributed by atoms with van der Waals surface area (Å²) in [5.74, 6) is 0.998. The lowest BCUT2D eigenvalue weighted by Gasteiger charge is -2.30. The average Bonchev–Trinajstić information content (AvgIpc) is 3.33. The van der Waals surface area contributed by atoms with Crippen LogP contribution >= 0.6 is 0 Å². The van der Waals surface area contributed by atoms with Crippen molar-refractivity contribution in [1.29, 1.82) is 0 Å². The fraction of sp³-hybridized carbons (Fsp3) is 0.219. The molecule has 0 aliphatic heterocycles. The van der Waals surface area contributed by atoms with Crippen LogP contribution in [0.3, 0.4) is 0 Å². The molecule has 0 N–H and O–H groups in total. The lowest BCUT2D eigenvalue weighted by atomic mass is 9.93. The van der Waals surface area contributed by atoms with E-state index in [4.69, 9.17) is 4.74 Å². The van der Waals surface area contributed by atoms with Gasteiger partial charge in [0.2, 0.25) is 5.91 Å². The lowest BCUT2D eigenvalue weighted by Crippen LogP contribution is -2.41. The van der Waals surface area contributed by atoms with Gasteiger partial charge in [-0.15, -0.1) is 0 Å². The van der Waals surface area contributed by atoms with Crippen molar-refractivity contribution in [2.45, 2.75) is 38.8 Å². The summed E-state index contributed by atoms with van der Waals surface area (Å²) in [6.45, 7) is 2.70. The fourth-order valence-electron chi connectivity index (χ4n) is 5.18. The topological polar surface area (TPSA) is 29.5 Å². The van der Waals surface area contributed by atoms with Gasteiger partial charge >= 0.3 is 0 Å². The number of hydrogen-bond acceptors (Lipinski definition) is 2. The van der Waals surface area contributed by atoms with E-state index in [9.17, 15) is 4.79 Å². The van der Waals surface area contributed by atoms with E-state index < -0.39 is 0 Å². The van der Waals surface area contributed by atoms with E-state index in [1.807, 2.05) is 18.2 Å².